The Hall–Kier alpha value is -4.70. The first-order valence-corrected chi connectivity index (χ1v) is 11.1. The smallest absolute Gasteiger partial charge is 0.286 e. The Morgan fingerprint density at radius 1 is 0.912 bits per heavy atom. The van der Waals surface area contributed by atoms with Crippen LogP contribution in [0.3, 0.4) is 0 Å². The Morgan fingerprint density at radius 3 is 2.32 bits per heavy atom. The van der Waals surface area contributed by atoms with E-state index >= 15 is 0 Å². The van der Waals surface area contributed by atoms with E-state index < -0.39 is 10.5 Å². The zero-order valence-corrected chi connectivity index (χ0v) is 18.3. The zero-order chi connectivity index (χ0) is 23.5. The van der Waals surface area contributed by atoms with Crippen molar-refractivity contribution < 1.29 is 4.92 Å². The van der Waals surface area contributed by atoms with Crippen molar-refractivity contribution in [2.24, 2.45) is 10.2 Å². The van der Waals surface area contributed by atoms with Gasteiger partial charge in [-0.05, 0) is 6.07 Å². The van der Waals surface area contributed by atoms with Crippen molar-refractivity contribution >= 4 is 28.4 Å². The standard InChI is InChI=1S/C24H16N6O3S/c31-23-22(27-26-18-12-7-13-19(14-18)30(32)33)21(17-10-5-2-6-11-17)28-29(23)24-25-20(15-34-24)16-8-3-1-4-9-16/h1-15,28H. The number of non-ortho nitro benzene ring substituents is 1. The van der Waals surface area contributed by atoms with E-state index in [4.69, 9.17) is 0 Å². The van der Waals surface area contributed by atoms with Crippen LogP contribution in [-0.4, -0.2) is 19.7 Å². The van der Waals surface area contributed by atoms with E-state index in [2.05, 4.69) is 20.3 Å². The van der Waals surface area contributed by atoms with Crippen LogP contribution in [0.15, 0.2) is 105 Å². The summed E-state index contributed by atoms with van der Waals surface area (Å²) in [4.78, 5) is 28.5. The summed E-state index contributed by atoms with van der Waals surface area (Å²) in [6, 6.07) is 24.7. The number of aromatic amines is 1. The molecule has 0 aliphatic carbocycles. The summed E-state index contributed by atoms with van der Waals surface area (Å²) < 4.78 is 1.33. The zero-order valence-electron chi connectivity index (χ0n) is 17.5. The maximum Gasteiger partial charge on any atom is 0.301 e. The Labute approximate surface area is 196 Å². The van der Waals surface area contributed by atoms with Gasteiger partial charge in [-0.1, -0.05) is 66.7 Å². The molecule has 0 spiro atoms. The number of H-pyrrole nitrogens is 1. The van der Waals surface area contributed by atoms with Crippen LogP contribution >= 0.6 is 11.3 Å². The van der Waals surface area contributed by atoms with Crippen LogP contribution in [0.5, 0.6) is 0 Å². The molecule has 0 saturated heterocycles. The molecule has 0 aliphatic heterocycles. The number of hydrogen-bond donors (Lipinski definition) is 1. The summed E-state index contributed by atoms with van der Waals surface area (Å²) >= 11 is 1.32. The average molecular weight is 468 g/mol. The highest BCUT2D eigenvalue weighted by Gasteiger charge is 2.19. The molecule has 0 bridgehead atoms. The third-order valence-corrected chi connectivity index (χ3v) is 5.81. The van der Waals surface area contributed by atoms with Gasteiger partial charge in [-0.15, -0.1) is 16.5 Å². The third kappa shape index (κ3) is 4.17. The predicted octanol–water partition coefficient (Wildman–Crippen LogP) is 6.28. The highest BCUT2D eigenvalue weighted by molar-refractivity contribution is 7.12. The molecule has 2 aromatic heterocycles. The second-order valence-electron chi connectivity index (χ2n) is 7.20. The minimum Gasteiger partial charge on any atom is -0.286 e. The molecule has 5 aromatic rings. The molecular formula is C24H16N6O3S. The fourth-order valence-corrected chi connectivity index (χ4v) is 4.14. The molecule has 0 amide bonds. The molecule has 0 saturated carbocycles. The number of nitrogens with zero attached hydrogens (tertiary/aromatic N) is 5. The van der Waals surface area contributed by atoms with Crippen molar-refractivity contribution in [3.8, 4) is 27.6 Å². The van der Waals surface area contributed by atoms with Gasteiger partial charge in [0.1, 0.15) is 0 Å². The molecule has 9 nitrogen and oxygen atoms in total. The number of nitrogens with one attached hydrogen (secondary N) is 1. The number of hydrogen-bond acceptors (Lipinski definition) is 7. The summed E-state index contributed by atoms with van der Waals surface area (Å²) in [5.41, 5.74) is 2.71. The van der Waals surface area contributed by atoms with Crippen molar-refractivity contribution in [2.75, 3.05) is 0 Å². The summed E-state index contributed by atoms with van der Waals surface area (Å²) in [5, 5.41) is 24.8. The van der Waals surface area contributed by atoms with Gasteiger partial charge in [0, 0.05) is 28.6 Å². The number of nitro groups is 1. The van der Waals surface area contributed by atoms with Crippen molar-refractivity contribution in [3.63, 3.8) is 0 Å². The van der Waals surface area contributed by atoms with E-state index in [1.54, 1.807) is 6.07 Å². The minimum absolute atomic E-state index is 0.0779. The lowest BCUT2D eigenvalue weighted by Gasteiger charge is -1.99. The summed E-state index contributed by atoms with van der Waals surface area (Å²) in [6.45, 7) is 0. The number of azo groups is 1. The molecule has 0 unspecified atom stereocenters. The Kier molecular flexibility index (Phi) is 5.63. The lowest BCUT2D eigenvalue weighted by atomic mass is 10.1. The fourth-order valence-electron chi connectivity index (χ4n) is 3.35. The van der Waals surface area contributed by atoms with Crippen LogP contribution in [0.2, 0.25) is 0 Å². The van der Waals surface area contributed by atoms with Crippen LogP contribution in [0.1, 0.15) is 0 Å². The first-order chi connectivity index (χ1) is 16.6. The highest BCUT2D eigenvalue weighted by atomic mass is 32.1. The molecule has 0 radical (unpaired) electrons. The SMILES string of the molecule is O=c1c(N=Nc2cccc([N+](=O)[O-])c2)c(-c2ccccc2)[nH]n1-c1nc(-c2ccccc2)cs1. The van der Waals surface area contributed by atoms with Crippen LogP contribution in [0.4, 0.5) is 17.1 Å². The van der Waals surface area contributed by atoms with Gasteiger partial charge >= 0.3 is 5.56 Å². The van der Waals surface area contributed by atoms with Crippen LogP contribution in [-0.2, 0) is 0 Å². The van der Waals surface area contributed by atoms with Crippen molar-refractivity contribution in [1.82, 2.24) is 14.8 Å². The third-order valence-electron chi connectivity index (χ3n) is 4.99. The van der Waals surface area contributed by atoms with Gasteiger partial charge in [-0.25, -0.2) is 4.98 Å². The van der Waals surface area contributed by atoms with Gasteiger partial charge in [0.2, 0.25) is 5.13 Å². The lowest BCUT2D eigenvalue weighted by Crippen LogP contribution is -2.13. The van der Waals surface area contributed by atoms with Crippen LogP contribution in [0, 0.1) is 10.1 Å². The lowest BCUT2D eigenvalue weighted by molar-refractivity contribution is -0.384. The quantitative estimate of drug-likeness (QED) is 0.179. The van der Waals surface area contributed by atoms with Gasteiger partial charge in [-0.3, -0.25) is 20.0 Å². The molecule has 3 aromatic carbocycles. The largest absolute Gasteiger partial charge is 0.301 e. The summed E-state index contributed by atoms with van der Waals surface area (Å²) in [7, 11) is 0. The minimum atomic E-state index is -0.509. The Morgan fingerprint density at radius 2 is 1.62 bits per heavy atom. The van der Waals surface area contributed by atoms with Crippen molar-refractivity contribution in [3.05, 3.63) is 111 Å². The second kappa shape index (κ2) is 9.04. The molecule has 1 N–H and O–H groups in total. The average Bonchev–Trinajstić information content (AvgIpc) is 3.49. The maximum atomic E-state index is 13.3. The number of thiazole rings is 1. The van der Waals surface area contributed by atoms with Crippen LogP contribution in [0.25, 0.3) is 27.6 Å². The monoisotopic (exact) mass is 468 g/mol. The second-order valence-corrected chi connectivity index (χ2v) is 8.04. The van der Waals surface area contributed by atoms with Gasteiger partial charge in [-0.2, -0.15) is 9.80 Å². The first-order valence-electron chi connectivity index (χ1n) is 10.2. The number of benzene rings is 3. The van der Waals surface area contributed by atoms with E-state index in [0.29, 0.717) is 10.8 Å². The van der Waals surface area contributed by atoms with Gasteiger partial charge in [0.25, 0.3) is 5.69 Å². The summed E-state index contributed by atoms with van der Waals surface area (Å²) in [5.74, 6) is 0. The number of aromatic nitrogens is 3. The highest BCUT2D eigenvalue weighted by Crippen LogP contribution is 2.30. The molecule has 0 atom stereocenters. The maximum absolute atomic E-state index is 13.3. The summed E-state index contributed by atoms with van der Waals surface area (Å²) in [6.07, 6.45) is 0. The Balaban J connectivity index is 1.59. The predicted molar refractivity (Wildman–Crippen MR) is 130 cm³/mol. The molecule has 5 rings (SSSR count). The van der Waals surface area contributed by atoms with Crippen molar-refractivity contribution in [2.45, 2.75) is 0 Å². The van der Waals surface area contributed by atoms with E-state index in [-0.39, 0.29) is 17.1 Å². The molecule has 0 fully saturated rings. The van der Waals surface area contributed by atoms with Crippen LogP contribution < -0.4 is 5.56 Å². The number of rotatable bonds is 6. The van der Waals surface area contributed by atoms with E-state index in [1.807, 2.05) is 66.0 Å². The van der Waals surface area contributed by atoms with E-state index in [0.717, 1.165) is 16.8 Å². The Bertz CT molecular complexity index is 1550. The molecule has 0 aliphatic rings. The van der Waals surface area contributed by atoms with Gasteiger partial charge < -0.3 is 0 Å². The molecular weight excluding hydrogens is 452 g/mol. The van der Waals surface area contributed by atoms with E-state index in [1.165, 1.54) is 34.2 Å². The van der Waals surface area contributed by atoms with Gasteiger partial charge in [0.15, 0.2) is 5.69 Å². The fraction of sp³-hybridized carbons (Fsp3) is 0. The number of nitro benzene ring substituents is 1. The molecule has 166 valence electrons. The topological polar surface area (TPSA) is 119 Å². The van der Waals surface area contributed by atoms with Gasteiger partial charge in [0.05, 0.1) is 22.0 Å². The molecule has 10 heteroatoms. The van der Waals surface area contributed by atoms with Crippen molar-refractivity contribution in [1.29, 1.82) is 0 Å². The normalized spacial score (nSPS) is 11.2. The molecule has 34 heavy (non-hydrogen) atoms. The molecule has 2 heterocycles. The van der Waals surface area contributed by atoms with E-state index in [9.17, 15) is 14.9 Å². The first kappa shape index (κ1) is 21.2.